The Morgan fingerprint density at radius 1 is 0.962 bits per heavy atom. The van der Waals surface area contributed by atoms with Crippen molar-refractivity contribution in [1.29, 1.82) is 0 Å². The smallest absolute Gasteiger partial charge is 0.170 e. The van der Waals surface area contributed by atoms with Gasteiger partial charge in [0.15, 0.2) is 5.78 Å². The molecule has 26 heavy (non-hydrogen) atoms. The largest absolute Gasteiger partial charge is 0.507 e. The molecule has 0 saturated carbocycles. The molecule has 0 aromatic heterocycles. The number of aromatic hydroxyl groups is 1. The second-order valence-electron chi connectivity index (χ2n) is 6.18. The van der Waals surface area contributed by atoms with E-state index in [2.05, 4.69) is 0 Å². The lowest BCUT2D eigenvalue weighted by atomic mass is 10.0. The maximum atomic E-state index is 12.9. The van der Waals surface area contributed by atoms with Gasteiger partial charge >= 0.3 is 0 Å². The molecular weight excluding hydrogens is 331 g/mol. The lowest BCUT2D eigenvalue weighted by molar-refractivity contribution is 0.0990. The predicted octanol–water partition coefficient (Wildman–Crippen LogP) is 4.84. The van der Waals surface area contributed by atoms with Crippen LogP contribution in [0.5, 0.6) is 11.5 Å². The van der Waals surface area contributed by atoms with Gasteiger partial charge in [-0.05, 0) is 42.3 Å². The Morgan fingerprint density at radius 3 is 2.27 bits per heavy atom. The van der Waals surface area contributed by atoms with Crippen LogP contribution < -0.4 is 4.74 Å². The van der Waals surface area contributed by atoms with Gasteiger partial charge < -0.3 is 9.84 Å². The standard InChI is InChI=1S/C22H19FO3/c1-15-2-4-17(5-3-15)14-26-19-10-11-20(22(25)13-19)21(24)12-16-6-8-18(23)9-7-16/h2-11,13,25H,12,14H2,1H3. The number of phenolic OH excluding ortho intramolecular Hbond substituents is 1. The van der Waals surface area contributed by atoms with Crippen LogP contribution >= 0.6 is 0 Å². The summed E-state index contributed by atoms with van der Waals surface area (Å²) in [7, 11) is 0. The van der Waals surface area contributed by atoms with Gasteiger partial charge in [0, 0.05) is 12.5 Å². The third-order valence-electron chi connectivity index (χ3n) is 4.07. The molecule has 0 aliphatic rings. The third kappa shape index (κ3) is 4.48. The Balaban J connectivity index is 1.65. The molecule has 0 aliphatic carbocycles. The molecule has 0 unspecified atom stereocenters. The molecule has 0 atom stereocenters. The summed E-state index contributed by atoms with van der Waals surface area (Å²) in [6, 6.07) is 18.4. The highest BCUT2D eigenvalue weighted by Gasteiger charge is 2.13. The monoisotopic (exact) mass is 350 g/mol. The summed E-state index contributed by atoms with van der Waals surface area (Å²) in [6.45, 7) is 2.40. The van der Waals surface area contributed by atoms with E-state index in [1.165, 1.54) is 23.8 Å². The second kappa shape index (κ2) is 7.83. The van der Waals surface area contributed by atoms with Crippen molar-refractivity contribution in [2.75, 3.05) is 0 Å². The Hall–Kier alpha value is -3.14. The third-order valence-corrected chi connectivity index (χ3v) is 4.07. The topological polar surface area (TPSA) is 46.5 Å². The first-order valence-corrected chi connectivity index (χ1v) is 8.30. The summed E-state index contributed by atoms with van der Waals surface area (Å²) >= 11 is 0. The van der Waals surface area contributed by atoms with E-state index in [1.807, 2.05) is 31.2 Å². The van der Waals surface area contributed by atoms with E-state index in [4.69, 9.17) is 4.74 Å². The van der Waals surface area contributed by atoms with Gasteiger partial charge in [-0.3, -0.25) is 4.79 Å². The number of ether oxygens (including phenoxy) is 1. The fourth-order valence-corrected chi connectivity index (χ4v) is 2.57. The van der Waals surface area contributed by atoms with Crippen LogP contribution in [0, 0.1) is 12.7 Å². The average Bonchev–Trinajstić information content (AvgIpc) is 2.63. The van der Waals surface area contributed by atoms with Gasteiger partial charge in [0.25, 0.3) is 0 Å². The SMILES string of the molecule is Cc1ccc(COc2ccc(C(=O)Cc3ccc(F)cc3)c(O)c2)cc1. The zero-order chi connectivity index (χ0) is 18.5. The molecular formula is C22H19FO3. The van der Waals surface area contributed by atoms with Crippen molar-refractivity contribution in [2.24, 2.45) is 0 Å². The number of phenols is 1. The zero-order valence-electron chi connectivity index (χ0n) is 14.4. The number of carbonyl (C=O) groups excluding carboxylic acids is 1. The Labute approximate surface area is 151 Å². The quantitative estimate of drug-likeness (QED) is 0.647. The summed E-state index contributed by atoms with van der Waals surface area (Å²) in [5.74, 6) is -0.224. The van der Waals surface area contributed by atoms with Crippen LogP contribution in [-0.4, -0.2) is 10.9 Å². The lowest BCUT2D eigenvalue weighted by Gasteiger charge is -2.09. The normalized spacial score (nSPS) is 10.5. The van der Waals surface area contributed by atoms with E-state index >= 15 is 0 Å². The van der Waals surface area contributed by atoms with Crippen molar-refractivity contribution in [2.45, 2.75) is 20.0 Å². The van der Waals surface area contributed by atoms with Gasteiger partial charge in [-0.15, -0.1) is 0 Å². The van der Waals surface area contributed by atoms with Crippen LogP contribution in [-0.2, 0) is 13.0 Å². The number of Topliss-reactive ketones (excluding diaryl/α,β-unsaturated/α-hetero) is 1. The first kappa shape index (κ1) is 17.7. The number of ketones is 1. The number of hydrogen-bond donors (Lipinski definition) is 1. The summed E-state index contributed by atoms with van der Waals surface area (Å²) in [6.07, 6.45) is 0.0947. The molecule has 0 aliphatic heterocycles. The van der Waals surface area contributed by atoms with Crippen molar-refractivity contribution in [3.05, 3.63) is 94.8 Å². The molecule has 4 heteroatoms. The molecule has 0 saturated heterocycles. The molecule has 3 nitrogen and oxygen atoms in total. The molecule has 3 rings (SSSR count). The summed E-state index contributed by atoms with van der Waals surface area (Å²) < 4.78 is 18.6. The summed E-state index contributed by atoms with van der Waals surface area (Å²) in [4.78, 5) is 12.3. The van der Waals surface area contributed by atoms with Crippen molar-refractivity contribution < 1.29 is 19.0 Å². The molecule has 0 bridgehead atoms. The molecule has 0 spiro atoms. The van der Waals surface area contributed by atoms with Crippen molar-refractivity contribution in [3.8, 4) is 11.5 Å². The first-order chi connectivity index (χ1) is 12.5. The van der Waals surface area contributed by atoms with E-state index < -0.39 is 0 Å². The molecule has 0 fully saturated rings. The minimum Gasteiger partial charge on any atom is -0.507 e. The predicted molar refractivity (Wildman–Crippen MR) is 98.1 cm³/mol. The highest BCUT2D eigenvalue weighted by atomic mass is 19.1. The van der Waals surface area contributed by atoms with Crippen LogP contribution in [0.2, 0.25) is 0 Å². The van der Waals surface area contributed by atoms with Gasteiger partial charge in [0.05, 0.1) is 5.56 Å². The van der Waals surface area contributed by atoms with Gasteiger partial charge in [-0.1, -0.05) is 42.0 Å². The Kier molecular flexibility index (Phi) is 5.32. The van der Waals surface area contributed by atoms with Crippen LogP contribution in [0.25, 0.3) is 0 Å². The van der Waals surface area contributed by atoms with Crippen molar-refractivity contribution in [3.63, 3.8) is 0 Å². The van der Waals surface area contributed by atoms with Crippen molar-refractivity contribution >= 4 is 5.78 Å². The molecule has 1 N–H and O–H groups in total. The van der Waals surface area contributed by atoms with Crippen LogP contribution in [0.15, 0.2) is 66.7 Å². The molecule has 3 aromatic rings. The van der Waals surface area contributed by atoms with Gasteiger partial charge in [-0.25, -0.2) is 4.39 Å². The van der Waals surface area contributed by atoms with Crippen LogP contribution in [0.3, 0.4) is 0 Å². The minimum atomic E-state index is -0.348. The minimum absolute atomic E-state index is 0.0947. The molecule has 3 aromatic carbocycles. The van der Waals surface area contributed by atoms with Gasteiger partial charge in [0.2, 0.25) is 0 Å². The van der Waals surface area contributed by atoms with E-state index in [-0.39, 0.29) is 29.3 Å². The van der Waals surface area contributed by atoms with E-state index in [0.29, 0.717) is 17.9 Å². The average molecular weight is 350 g/mol. The van der Waals surface area contributed by atoms with Crippen molar-refractivity contribution in [1.82, 2.24) is 0 Å². The van der Waals surface area contributed by atoms with Crippen LogP contribution in [0.1, 0.15) is 27.0 Å². The molecule has 0 heterocycles. The van der Waals surface area contributed by atoms with Gasteiger partial charge in [0.1, 0.15) is 23.9 Å². The van der Waals surface area contributed by atoms with Gasteiger partial charge in [-0.2, -0.15) is 0 Å². The molecule has 132 valence electrons. The lowest BCUT2D eigenvalue weighted by Crippen LogP contribution is -2.04. The number of rotatable bonds is 6. The maximum absolute atomic E-state index is 12.9. The highest BCUT2D eigenvalue weighted by Crippen LogP contribution is 2.25. The molecule has 0 amide bonds. The first-order valence-electron chi connectivity index (χ1n) is 8.30. The van der Waals surface area contributed by atoms with E-state index in [0.717, 1.165) is 5.56 Å². The van der Waals surface area contributed by atoms with E-state index in [1.54, 1.807) is 24.3 Å². The Bertz CT molecular complexity index is 900. The number of hydrogen-bond acceptors (Lipinski definition) is 3. The highest BCUT2D eigenvalue weighted by molar-refractivity contribution is 6.00. The van der Waals surface area contributed by atoms with E-state index in [9.17, 15) is 14.3 Å². The number of aryl methyl sites for hydroxylation is 1. The Morgan fingerprint density at radius 2 is 1.62 bits per heavy atom. The number of benzene rings is 3. The summed E-state index contributed by atoms with van der Waals surface area (Å²) in [5, 5.41) is 10.2. The maximum Gasteiger partial charge on any atom is 0.170 e. The van der Waals surface area contributed by atoms with Crippen LogP contribution in [0.4, 0.5) is 4.39 Å². The zero-order valence-corrected chi connectivity index (χ0v) is 14.4. The summed E-state index contributed by atoms with van der Waals surface area (Å²) in [5.41, 5.74) is 3.11. The fourth-order valence-electron chi connectivity index (χ4n) is 2.57. The number of carbonyl (C=O) groups is 1. The molecule has 0 radical (unpaired) electrons. The number of halogens is 1. The fraction of sp³-hybridized carbons (Fsp3) is 0.136. The second-order valence-corrected chi connectivity index (χ2v) is 6.18.